The third kappa shape index (κ3) is 3.37. The fourth-order valence-corrected chi connectivity index (χ4v) is 3.14. The second-order valence-electron chi connectivity index (χ2n) is 5.69. The third-order valence-corrected chi connectivity index (χ3v) is 4.58. The summed E-state index contributed by atoms with van der Waals surface area (Å²) in [6.07, 6.45) is 5.32. The fourth-order valence-electron chi connectivity index (χ4n) is 3.14. The van der Waals surface area contributed by atoms with Gasteiger partial charge in [-0.15, -0.1) is 0 Å². The largest absolute Gasteiger partial charge is 0.329 e. The van der Waals surface area contributed by atoms with Crippen LogP contribution in [0.2, 0.25) is 0 Å². The average molecular weight is 260 g/mol. The Morgan fingerprint density at radius 1 is 1.26 bits per heavy atom. The molecule has 2 nitrogen and oxygen atoms in total. The van der Waals surface area contributed by atoms with Gasteiger partial charge < -0.3 is 5.73 Å². The number of aryl methyl sites for hydroxylation is 1. The summed E-state index contributed by atoms with van der Waals surface area (Å²) in [7, 11) is 0. The van der Waals surface area contributed by atoms with Gasteiger partial charge in [-0.3, -0.25) is 4.90 Å². The summed E-state index contributed by atoms with van der Waals surface area (Å²) in [4.78, 5) is 2.58. The van der Waals surface area contributed by atoms with Crippen molar-refractivity contribution < 1.29 is 0 Å². The van der Waals surface area contributed by atoms with Gasteiger partial charge in [-0.2, -0.15) is 0 Å². The summed E-state index contributed by atoms with van der Waals surface area (Å²) in [5.41, 5.74) is 8.99. The van der Waals surface area contributed by atoms with Crippen LogP contribution in [0.1, 0.15) is 50.3 Å². The molecule has 0 spiro atoms. The molecule has 1 saturated carbocycles. The Labute approximate surface area is 118 Å². The molecule has 0 amide bonds. The zero-order valence-electron chi connectivity index (χ0n) is 12.4. The number of hydrogen-bond donors (Lipinski definition) is 1. The maximum absolute atomic E-state index is 6.10. The zero-order valence-corrected chi connectivity index (χ0v) is 12.4. The summed E-state index contributed by atoms with van der Waals surface area (Å²) in [5.74, 6) is 0.905. The van der Waals surface area contributed by atoms with E-state index in [0.29, 0.717) is 6.04 Å². The molecule has 1 atom stereocenters. The molecule has 1 aliphatic carbocycles. The Bertz CT molecular complexity index is 385. The van der Waals surface area contributed by atoms with Gasteiger partial charge in [-0.25, -0.2) is 0 Å². The van der Waals surface area contributed by atoms with Crippen molar-refractivity contribution in [1.29, 1.82) is 0 Å². The van der Waals surface area contributed by atoms with Crippen LogP contribution in [0.4, 0.5) is 0 Å². The van der Waals surface area contributed by atoms with Gasteiger partial charge in [0.1, 0.15) is 0 Å². The minimum absolute atomic E-state index is 0.391. The minimum atomic E-state index is 0.391. The first-order chi connectivity index (χ1) is 9.30. The molecular formula is C17H28N2. The predicted molar refractivity (Wildman–Crippen MR) is 82.2 cm³/mol. The lowest BCUT2D eigenvalue weighted by Crippen LogP contribution is -2.39. The molecule has 1 aromatic rings. The number of benzene rings is 1. The van der Waals surface area contributed by atoms with E-state index in [-0.39, 0.29) is 0 Å². The quantitative estimate of drug-likeness (QED) is 0.814. The van der Waals surface area contributed by atoms with Crippen molar-refractivity contribution in [2.24, 2.45) is 11.7 Å². The first-order valence-electron chi connectivity index (χ1n) is 7.82. The molecule has 2 rings (SSSR count). The molecule has 0 heterocycles. The van der Waals surface area contributed by atoms with Gasteiger partial charge >= 0.3 is 0 Å². The monoisotopic (exact) mass is 260 g/mol. The normalized spacial score (nSPS) is 17.5. The fraction of sp³-hybridized carbons (Fsp3) is 0.647. The first-order valence-corrected chi connectivity index (χ1v) is 7.82. The van der Waals surface area contributed by atoms with Gasteiger partial charge in [-0.1, -0.05) is 44.5 Å². The Hall–Kier alpha value is -0.860. The van der Waals surface area contributed by atoms with Crippen molar-refractivity contribution in [3.05, 3.63) is 35.4 Å². The Morgan fingerprint density at radius 2 is 2.00 bits per heavy atom. The van der Waals surface area contributed by atoms with Crippen molar-refractivity contribution in [1.82, 2.24) is 4.90 Å². The van der Waals surface area contributed by atoms with Crippen LogP contribution in [-0.4, -0.2) is 24.5 Å². The molecule has 0 aromatic heterocycles. The minimum Gasteiger partial charge on any atom is -0.329 e. The second-order valence-corrected chi connectivity index (χ2v) is 5.69. The summed E-state index contributed by atoms with van der Waals surface area (Å²) in [6, 6.07) is 9.18. The van der Waals surface area contributed by atoms with Crippen LogP contribution in [-0.2, 0) is 6.42 Å². The van der Waals surface area contributed by atoms with Crippen molar-refractivity contribution in [2.75, 3.05) is 19.6 Å². The molecular weight excluding hydrogens is 232 g/mol. The highest BCUT2D eigenvalue weighted by Gasteiger charge is 2.25. The average Bonchev–Trinajstić information content (AvgIpc) is 2.41. The van der Waals surface area contributed by atoms with E-state index in [4.69, 9.17) is 5.73 Å². The maximum atomic E-state index is 6.10. The summed E-state index contributed by atoms with van der Waals surface area (Å²) < 4.78 is 0. The molecule has 1 fully saturated rings. The van der Waals surface area contributed by atoms with Crippen molar-refractivity contribution in [3.8, 4) is 0 Å². The molecule has 0 saturated heterocycles. The molecule has 2 heteroatoms. The highest BCUT2D eigenvalue weighted by atomic mass is 15.2. The number of rotatable bonds is 7. The Balaban J connectivity index is 2.15. The predicted octanol–water partition coefficient (Wildman–Crippen LogP) is 3.37. The number of nitrogens with zero attached hydrogens (tertiary/aromatic N) is 1. The topological polar surface area (TPSA) is 29.3 Å². The number of likely N-dealkylation sites (N-methyl/N-ethyl adjacent to an activating group) is 1. The van der Waals surface area contributed by atoms with E-state index < -0.39 is 0 Å². The van der Waals surface area contributed by atoms with Gasteiger partial charge in [-0.05, 0) is 42.9 Å². The molecule has 1 unspecified atom stereocenters. The lowest BCUT2D eigenvalue weighted by Gasteiger charge is -2.37. The van der Waals surface area contributed by atoms with Crippen LogP contribution in [0.3, 0.4) is 0 Å². The third-order valence-electron chi connectivity index (χ3n) is 4.58. The highest BCUT2D eigenvalue weighted by Crippen LogP contribution is 2.31. The van der Waals surface area contributed by atoms with Crippen LogP contribution in [0.25, 0.3) is 0 Å². The molecule has 1 aromatic carbocycles. The van der Waals surface area contributed by atoms with Crippen molar-refractivity contribution in [2.45, 2.75) is 45.6 Å². The maximum Gasteiger partial charge on any atom is 0.0473 e. The van der Waals surface area contributed by atoms with Crippen LogP contribution in [0, 0.1) is 5.92 Å². The van der Waals surface area contributed by atoms with Crippen molar-refractivity contribution in [3.63, 3.8) is 0 Å². The van der Waals surface area contributed by atoms with Crippen LogP contribution in [0.5, 0.6) is 0 Å². The first kappa shape index (κ1) is 14.5. The van der Waals surface area contributed by atoms with Crippen LogP contribution < -0.4 is 5.73 Å². The van der Waals surface area contributed by atoms with Gasteiger partial charge in [0.2, 0.25) is 0 Å². The lowest BCUT2D eigenvalue weighted by molar-refractivity contribution is 0.141. The van der Waals surface area contributed by atoms with E-state index in [1.807, 2.05) is 0 Å². The van der Waals surface area contributed by atoms with Gasteiger partial charge in [0, 0.05) is 19.1 Å². The molecule has 19 heavy (non-hydrogen) atoms. The number of nitrogens with two attached hydrogens (primary N) is 1. The van der Waals surface area contributed by atoms with E-state index in [9.17, 15) is 0 Å². The summed E-state index contributed by atoms with van der Waals surface area (Å²) >= 11 is 0. The molecule has 1 aliphatic rings. The summed E-state index contributed by atoms with van der Waals surface area (Å²) in [6.45, 7) is 7.52. The molecule has 106 valence electrons. The van der Waals surface area contributed by atoms with E-state index in [2.05, 4.69) is 43.0 Å². The molecule has 0 radical (unpaired) electrons. The highest BCUT2D eigenvalue weighted by molar-refractivity contribution is 5.30. The van der Waals surface area contributed by atoms with Gasteiger partial charge in [0.05, 0.1) is 0 Å². The number of hydrogen-bond acceptors (Lipinski definition) is 2. The summed E-state index contributed by atoms with van der Waals surface area (Å²) in [5, 5.41) is 0. The Kier molecular flexibility index (Phi) is 5.41. The van der Waals surface area contributed by atoms with E-state index in [0.717, 1.165) is 25.4 Å². The standard InChI is InChI=1S/C17H28N2/c1-3-15-10-5-6-11-16(15)17(12-18)19(4-2)13-14-8-7-9-14/h5-6,10-11,14,17H,3-4,7-9,12-13,18H2,1-2H3. The second kappa shape index (κ2) is 7.06. The Morgan fingerprint density at radius 3 is 2.53 bits per heavy atom. The van der Waals surface area contributed by atoms with E-state index >= 15 is 0 Å². The van der Waals surface area contributed by atoms with Crippen LogP contribution >= 0.6 is 0 Å². The van der Waals surface area contributed by atoms with Gasteiger partial charge in [0.15, 0.2) is 0 Å². The van der Waals surface area contributed by atoms with E-state index in [1.165, 1.54) is 36.9 Å². The molecule has 2 N–H and O–H groups in total. The lowest BCUT2D eigenvalue weighted by atomic mass is 9.84. The zero-order chi connectivity index (χ0) is 13.7. The van der Waals surface area contributed by atoms with Crippen molar-refractivity contribution >= 4 is 0 Å². The smallest absolute Gasteiger partial charge is 0.0473 e. The molecule has 0 bridgehead atoms. The van der Waals surface area contributed by atoms with E-state index in [1.54, 1.807) is 0 Å². The van der Waals surface area contributed by atoms with Crippen LogP contribution in [0.15, 0.2) is 24.3 Å². The SMILES string of the molecule is CCc1ccccc1C(CN)N(CC)CC1CCC1. The molecule has 0 aliphatic heterocycles. The van der Waals surface area contributed by atoms with Gasteiger partial charge in [0.25, 0.3) is 0 Å².